The number of hydrogen-bond acceptors (Lipinski definition) is 5. The van der Waals surface area contributed by atoms with Gasteiger partial charge in [-0.25, -0.2) is 5.43 Å². The molecule has 0 saturated heterocycles. The summed E-state index contributed by atoms with van der Waals surface area (Å²) in [4.78, 5) is 23.8. The second-order valence-corrected chi connectivity index (χ2v) is 6.73. The largest absolute Gasteiger partial charge is 0.497 e. The van der Waals surface area contributed by atoms with Crippen molar-refractivity contribution in [2.24, 2.45) is 5.10 Å². The summed E-state index contributed by atoms with van der Waals surface area (Å²) in [5, 5.41) is 6.72. The molecule has 2 aromatic rings. The Morgan fingerprint density at radius 1 is 1.07 bits per heavy atom. The number of nitrogens with one attached hydrogen (secondary N) is 2. The van der Waals surface area contributed by atoms with E-state index in [0.29, 0.717) is 29.2 Å². The monoisotopic (exact) mass is 447 g/mol. The first-order valence-corrected chi connectivity index (χ1v) is 9.40. The number of methoxy groups -OCH3 is 2. The second-order valence-electron chi connectivity index (χ2n) is 5.81. The minimum atomic E-state index is -0.265. The van der Waals surface area contributed by atoms with Crippen molar-refractivity contribution in [2.45, 2.75) is 19.3 Å². The summed E-state index contributed by atoms with van der Waals surface area (Å²) in [7, 11) is 3.12. The summed E-state index contributed by atoms with van der Waals surface area (Å²) in [5.41, 5.74) is 3.86. The average Bonchev–Trinajstić information content (AvgIpc) is 2.68. The van der Waals surface area contributed by atoms with E-state index in [9.17, 15) is 9.59 Å². The van der Waals surface area contributed by atoms with Crippen LogP contribution >= 0.6 is 15.9 Å². The summed E-state index contributed by atoms with van der Waals surface area (Å²) in [6.45, 7) is 0. The first-order valence-electron chi connectivity index (χ1n) is 8.61. The third-order valence-corrected chi connectivity index (χ3v) is 4.24. The first kappa shape index (κ1) is 21.4. The van der Waals surface area contributed by atoms with Gasteiger partial charge in [0.1, 0.15) is 11.5 Å². The molecule has 0 fully saturated rings. The van der Waals surface area contributed by atoms with Gasteiger partial charge in [0.05, 0.1) is 20.4 Å². The Bertz CT molecular complexity index is 855. The molecular weight excluding hydrogens is 426 g/mol. The van der Waals surface area contributed by atoms with E-state index in [4.69, 9.17) is 9.47 Å². The molecule has 7 nitrogen and oxygen atoms in total. The van der Waals surface area contributed by atoms with E-state index in [1.54, 1.807) is 38.5 Å². The van der Waals surface area contributed by atoms with Gasteiger partial charge in [0, 0.05) is 34.6 Å². The second kappa shape index (κ2) is 11.1. The van der Waals surface area contributed by atoms with Crippen LogP contribution in [0.4, 0.5) is 5.69 Å². The van der Waals surface area contributed by atoms with Crippen LogP contribution in [0.3, 0.4) is 0 Å². The lowest BCUT2D eigenvalue weighted by Gasteiger charge is -2.07. The van der Waals surface area contributed by atoms with Gasteiger partial charge in [0.2, 0.25) is 11.8 Å². The van der Waals surface area contributed by atoms with Crippen LogP contribution in [-0.4, -0.2) is 32.2 Å². The van der Waals surface area contributed by atoms with Gasteiger partial charge in [-0.05, 0) is 36.8 Å². The predicted octanol–water partition coefficient (Wildman–Crippen LogP) is 3.73. The number of hydrazone groups is 1. The number of carbonyl (C=O) groups excluding carboxylic acids is 2. The van der Waals surface area contributed by atoms with Gasteiger partial charge in [0.15, 0.2) is 0 Å². The van der Waals surface area contributed by atoms with E-state index in [0.717, 1.165) is 4.47 Å². The van der Waals surface area contributed by atoms with E-state index in [2.05, 4.69) is 31.8 Å². The van der Waals surface area contributed by atoms with Crippen LogP contribution in [0.15, 0.2) is 52.0 Å². The fraction of sp³-hybridized carbons (Fsp3) is 0.250. The molecule has 148 valence electrons. The van der Waals surface area contributed by atoms with Gasteiger partial charge >= 0.3 is 0 Å². The smallest absolute Gasteiger partial charge is 0.240 e. The van der Waals surface area contributed by atoms with Crippen LogP contribution in [0, 0.1) is 0 Å². The molecule has 0 heterocycles. The first-order chi connectivity index (χ1) is 13.5. The van der Waals surface area contributed by atoms with Crippen molar-refractivity contribution in [3.05, 3.63) is 52.5 Å². The predicted molar refractivity (Wildman–Crippen MR) is 112 cm³/mol. The van der Waals surface area contributed by atoms with Gasteiger partial charge in [-0.1, -0.05) is 22.0 Å². The number of rotatable bonds is 9. The minimum Gasteiger partial charge on any atom is -0.497 e. The van der Waals surface area contributed by atoms with Crippen molar-refractivity contribution in [2.75, 3.05) is 19.5 Å². The van der Waals surface area contributed by atoms with Crippen molar-refractivity contribution in [3.8, 4) is 11.5 Å². The standard InChI is InChI=1S/C20H22BrN3O4/c1-27-17-10-9-14(18(12-17)28-2)13-22-24-20(26)8-4-7-19(25)23-16-6-3-5-15(21)11-16/h3,5-6,9-13H,4,7-8H2,1-2H3,(H,23,25)(H,24,26)/b22-13-. The molecule has 0 bridgehead atoms. The molecule has 2 aromatic carbocycles. The zero-order chi connectivity index (χ0) is 20.4. The fourth-order valence-electron chi connectivity index (χ4n) is 2.35. The highest BCUT2D eigenvalue weighted by atomic mass is 79.9. The molecular formula is C20H22BrN3O4. The number of amides is 2. The highest BCUT2D eigenvalue weighted by molar-refractivity contribution is 9.10. The third kappa shape index (κ3) is 7.03. The van der Waals surface area contributed by atoms with E-state index in [1.807, 2.05) is 18.2 Å². The molecule has 0 atom stereocenters. The molecule has 0 unspecified atom stereocenters. The molecule has 0 aliphatic carbocycles. The third-order valence-electron chi connectivity index (χ3n) is 3.75. The molecule has 8 heteroatoms. The molecule has 0 spiro atoms. The SMILES string of the molecule is COc1ccc(/C=N\NC(=O)CCCC(=O)Nc2cccc(Br)c2)c(OC)c1. The number of ether oxygens (including phenoxy) is 2. The Kier molecular flexibility index (Phi) is 8.48. The Morgan fingerprint density at radius 2 is 1.86 bits per heavy atom. The molecule has 0 radical (unpaired) electrons. The molecule has 2 N–H and O–H groups in total. The van der Waals surface area contributed by atoms with Gasteiger partial charge in [-0.15, -0.1) is 0 Å². The zero-order valence-electron chi connectivity index (χ0n) is 15.7. The van der Waals surface area contributed by atoms with E-state index in [1.165, 1.54) is 6.21 Å². The van der Waals surface area contributed by atoms with Crippen LogP contribution in [0.1, 0.15) is 24.8 Å². The maximum Gasteiger partial charge on any atom is 0.240 e. The van der Waals surface area contributed by atoms with Gasteiger partial charge in [-0.2, -0.15) is 5.10 Å². The lowest BCUT2D eigenvalue weighted by Crippen LogP contribution is -2.18. The van der Waals surface area contributed by atoms with Crippen LogP contribution in [0.5, 0.6) is 11.5 Å². The lowest BCUT2D eigenvalue weighted by atomic mass is 10.2. The summed E-state index contributed by atoms with van der Waals surface area (Å²) in [6, 6.07) is 12.6. The summed E-state index contributed by atoms with van der Waals surface area (Å²) >= 11 is 3.35. The molecule has 28 heavy (non-hydrogen) atoms. The Labute approximate surface area is 172 Å². The van der Waals surface area contributed by atoms with Gasteiger partial charge in [-0.3, -0.25) is 9.59 Å². The highest BCUT2D eigenvalue weighted by Gasteiger charge is 2.06. The Hall–Kier alpha value is -2.87. The number of halogens is 1. The molecule has 0 aromatic heterocycles. The molecule has 0 saturated carbocycles. The van der Waals surface area contributed by atoms with Crippen molar-refractivity contribution < 1.29 is 19.1 Å². The van der Waals surface area contributed by atoms with Crippen molar-refractivity contribution >= 4 is 39.6 Å². The van der Waals surface area contributed by atoms with E-state index < -0.39 is 0 Å². The van der Waals surface area contributed by atoms with Crippen LogP contribution in [-0.2, 0) is 9.59 Å². The quantitative estimate of drug-likeness (QED) is 0.452. The number of anilines is 1. The maximum atomic E-state index is 11.9. The van der Waals surface area contributed by atoms with Gasteiger partial charge in [0.25, 0.3) is 0 Å². The molecule has 0 aliphatic rings. The fourth-order valence-corrected chi connectivity index (χ4v) is 2.75. The molecule has 2 amide bonds. The summed E-state index contributed by atoms with van der Waals surface area (Å²) < 4.78 is 11.3. The van der Waals surface area contributed by atoms with Gasteiger partial charge < -0.3 is 14.8 Å². The van der Waals surface area contributed by atoms with E-state index >= 15 is 0 Å². The number of hydrogen-bond donors (Lipinski definition) is 2. The zero-order valence-corrected chi connectivity index (χ0v) is 17.3. The normalized spacial score (nSPS) is 10.5. The molecule has 2 rings (SSSR count). The highest BCUT2D eigenvalue weighted by Crippen LogP contribution is 2.23. The van der Waals surface area contributed by atoms with Crippen molar-refractivity contribution in [1.29, 1.82) is 0 Å². The number of nitrogens with zero attached hydrogens (tertiary/aromatic N) is 1. The minimum absolute atomic E-state index is 0.141. The van der Waals surface area contributed by atoms with Crippen LogP contribution in [0.25, 0.3) is 0 Å². The molecule has 0 aliphatic heterocycles. The lowest BCUT2D eigenvalue weighted by molar-refractivity contribution is -0.121. The topological polar surface area (TPSA) is 89.0 Å². The average molecular weight is 448 g/mol. The number of carbonyl (C=O) groups is 2. The summed E-state index contributed by atoms with van der Waals surface area (Å²) in [5.74, 6) is 0.845. The van der Waals surface area contributed by atoms with Crippen LogP contribution < -0.4 is 20.2 Å². The van der Waals surface area contributed by atoms with E-state index in [-0.39, 0.29) is 24.7 Å². The van der Waals surface area contributed by atoms with Crippen molar-refractivity contribution in [1.82, 2.24) is 5.43 Å². The van der Waals surface area contributed by atoms with Crippen molar-refractivity contribution in [3.63, 3.8) is 0 Å². The number of benzene rings is 2. The van der Waals surface area contributed by atoms with Crippen LogP contribution in [0.2, 0.25) is 0 Å². The summed E-state index contributed by atoms with van der Waals surface area (Å²) in [6.07, 6.45) is 2.36. The maximum absolute atomic E-state index is 11.9. The Balaban J connectivity index is 1.74. The Morgan fingerprint density at radius 3 is 2.57 bits per heavy atom.